The fourth-order valence-electron chi connectivity index (χ4n) is 3.70. The van der Waals surface area contributed by atoms with Crippen molar-refractivity contribution in [2.45, 2.75) is 11.4 Å². The number of sulfonamides is 1. The molecule has 1 amide bonds. The fourth-order valence-corrected chi connectivity index (χ4v) is 5.13. The third kappa shape index (κ3) is 6.75. The number of amides is 1. The van der Waals surface area contributed by atoms with Gasteiger partial charge in [0.05, 0.1) is 35.4 Å². The summed E-state index contributed by atoms with van der Waals surface area (Å²) in [6.07, 6.45) is 0. The molecule has 0 unspecified atom stereocenters. The molecule has 11 heteroatoms. The molecule has 0 aromatic heterocycles. The van der Waals surface area contributed by atoms with Gasteiger partial charge < -0.3 is 19.5 Å². The van der Waals surface area contributed by atoms with E-state index in [2.05, 4.69) is 10.0 Å². The predicted molar refractivity (Wildman–Crippen MR) is 151 cm³/mol. The molecular formula is C28H24Cl2N2O6S. The zero-order valence-electron chi connectivity index (χ0n) is 20.9. The van der Waals surface area contributed by atoms with E-state index in [0.29, 0.717) is 33.6 Å². The Morgan fingerprint density at radius 2 is 1.56 bits per heavy atom. The van der Waals surface area contributed by atoms with Crippen molar-refractivity contribution in [2.75, 3.05) is 18.9 Å². The summed E-state index contributed by atoms with van der Waals surface area (Å²) in [7, 11) is -1.04. The average Bonchev–Trinajstić information content (AvgIpc) is 2.93. The Kier molecular flexibility index (Phi) is 8.86. The molecule has 0 bridgehead atoms. The normalized spacial score (nSPS) is 11.0. The molecule has 0 radical (unpaired) electrons. The lowest BCUT2D eigenvalue weighted by molar-refractivity contribution is 0.0951. The van der Waals surface area contributed by atoms with Crippen molar-refractivity contribution in [3.8, 4) is 23.0 Å². The standard InChI is InChI=1S/C28H24Cl2N2O6S/c1-36-26-9-5-6-18(27(26)37-2)17-31-28(33)22-16-19(29)10-15-24(22)32-39(34,35)21-13-11-20(12-14-21)38-25-8-4-3-7-23(25)30/h3-16,32H,17H2,1-2H3,(H,31,33). The second-order valence-corrected chi connectivity index (χ2v) is 10.7. The van der Waals surface area contributed by atoms with Gasteiger partial charge in [0.25, 0.3) is 15.9 Å². The number of carbonyl (C=O) groups is 1. The lowest BCUT2D eigenvalue weighted by atomic mass is 10.1. The van der Waals surface area contributed by atoms with Gasteiger partial charge in [-0.15, -0.1) is 0 Å². The fraction of sp³-hybridized carbons (Fsp3) is 0.107. The summed E-state index contributed by atoms with van der Waals surface area (Å²) < 4.78 is 45.2. The summed E-state index contributed by atoms with van der Waals surface area (Å²) in [5.74, 6) is 1.31. The number of para-hydroxylation sites is 2. The Bertz CT molecular complexity index is 1590. The van der Waals surface area contributed by atoms with Gasteiger partial charge in [-0.2, -0.15) is 0 Å². The highest BCUT2D eigenvalue weighted by molar-refractivity contribution is 7.92. The maximum Gasteiger partial charge on any atom is 0.261 e. The van der Waals surface area contributed by atoms with Crippen molar-refractivity contribution in [1.82, 2.24) is 5.32 Å². The molecule has 0 saturated heterocycles. The highest BCUT2D eigenvalue weighted by Crippen LogP contribution is 2.32. The summed E-state index contributed by atoms with van der Waals surface area (Å²) >= 11 is 12.3. The van der Waals surface area contributed by atoms with E-state index in [1.165, 1.54) is 56.7 Å². The van der Waals surface area contributed by atoms with Gasteiger partial charge in [-0.25, -0.2) is 8.42 Å². The minimum Gasteiger partial charge on any atom is -0.493 e. The second kappa shape index (κ2) is 12.3. The molecule has 0 heterocycles. The van der Waals surface area contributed by atoms with Gasteiger partial charge >= 0.3 is 0 Å². The molecule has 2 N–H and O–H groups in total. The van der Waals surface area contributed by atoms with Crippen LogP contribution in [0.5, 0.6) is 23.0 Å². The van der Waals surface area contributed by atoms with Gasteiger partial charge in [0.2, 0.25) is 0 Å². The van der Waals surface area contributed by atoms with Crippen LogP contribution in [0.4, 0.5) is 5.69 Å². The lowest BCUT2D eigenvalue weighted by Crippen LogP contribution is -2.25. The van der Waals surface area contributed by atoms with Gasteiger partial charge in [-0.05, 0) is 60.7 Å². The molecule has 0 saturated carbocycles. The molecule has 0 aliphatic carbocycles. The minimum atomic E-state index is -4.06. The quantitative estimate of drug-likeness (QED) is 0.219. The topological polar surface area (TPSA) is 103 Å². The Morgan fingerprint density at radius 3 is 2.26 bits per heavy atom. The van der Waals surface area contributed by atoms with E-state index in [1.54, 1.807) is 42.5 Å². The minimum absolute atomic E-state index is 0.0311. The number of ether oxygens (including phenoxy) is 3. The molecule has 0 aliphatic heterocycles. The number of nitrogens with one attached hydrogen (secondary N) is 2. The summed E-state index contributed by atoms with van der Waals surface area (Å²) in [6, 6.07) is 22.3. The zero-order valence-corrected chi connectivity index (χ0v) is 23.2. The van der Waals surface area contributed by atoms with Gasteiger partial charge in [0.1, 0.15) is 11.5 Å². The third-order valence-electron chi connectivity index (χ3n) is 5.59. The van der Waals surface area contributed by atoms with Crippen molar-refractivity contribution < 1.29 is 27.4 Å². The molecule has 4 aromatic rings. The van der Waals surface area contributed by atoms with E-state index in [0.717, 1.165) is 0 Å². The van der Waals surface area contributed by atoms with Crippen LogP contribution in [0, 0.1) is 0 Å². The molecule has 8 nitrogen and oxygen atoms in total. The van der Waals surface area contributed by atoms with Crippen LogP contribution < -0.4 is 24.2 Å². The van der Waals surface area contributed by atoms with Crippen molar-refractivity contribution in [2.24, 2.45) is 0 Å². The van der Waals surface area contributed by atoms with Crippen molar-refractivity contribution in [3.63, 3.8) is 0 Å². The number of methoxy groups -OCH3 is 2. The Hall–Kier alpha value is -3.92. The first-order valence-electron chi connectivity index (χ1n) is 11.5. The number of halogens is 2. The van der Waals surface area contributed by atoms with E-state index in [-0.39, 0.29) is 27.7 Å². The number of anilines is 1. The van der Waals surface area contributed by atoms with Crippen molar-refractivity contribution in [1.29, 1.82) is 0 Å². The molecule has 0 fully saturated rings. The molecule has 202 valence electrons. The van der Waals surface area contributed by atoms with E-state index in [9.17, 15) is 13.2 Å². The highest BCUT2D eigenvalue weighted by Gasteiger charge is 2.20. The van der Waals surface area contributed by atoms with Gasteiger partial charge in [-0.1, -0.05) is 47.5 Å². The lowest BCUT2D eigenvalue weighted by Gasteiger charge is -2.15. The van der Waals surface area contributed by atoms with Crippen LogP contribution >= 0.6 is 23.2 Å². The summed E-state index contributed by atoms with van der Waals surface area (Å²) in [5.41, 5.74) is 0.783. The Balaban J connectivity index is 1.52. The van der Waals surface area contributed by atoms with Crippen LogP contribution in [0.25, 0.3) is 0 Å². The maximum atomic E-state index is 13.2. The number of hydrogen-bond acceptors (Lipinski definition) is 6. The largest absolute Gasteiger partial charge is 0.493 e. The van der Waals surface area contributed by atoms with Crippen LogP contribution in [-0.4, -0.2) is 28.5 Å². The van der Waals surface area contributed by atoms with Crippen LogP contribution in [0.2, 0.25) is 10.0 Å². The van der Waals surface area contributed by atoms with Gasteiger partial charge in [-0.3, -0.25) is 9.52 Å². The summed E-state index contributed by atoms with van der Waals surface area (Å²) in [4.78, 5) is 13.1. The number of rotatable bonds is 10. The molecular weight excluding hydrogens is 563 g/mol. The molecule has 39 heavy (non-hydrogen) atoms. The molecule has 4 rings (SSSR count). The number of benzene rings is 4. The summed E-state index contributed by atoms with van der Waals surface area (Å²) in [6.45, 7) is 0.102. The monoisotopic (exact) mass is 586 g/mol. The second-order valence-electron chi connectivity index (χ2n) is 8.13. The van der Waals surface area contributed by atoms with Crippen LogP contribution in [0.15, 0.2) is 89.8 Å². The van der Waals surface area contributed by atoms with Crippen LogP contribution in [0.1, 0.15) is 15.9 Å². The average molecular weight is 587 g/mol. The van der Waals surface area contributed by atoms with Gasteiger partial charge in [0, 0.05) is 17.1 Å². The first-order chi connectivity index (χ1) is 18.7. The van der Waals surface area contributed by atoms with Crippen LogP contribution in [-0.2, 0) is 16.6 Å². The highest BCUT2D eigenvalue weighted by atomic mass is 35.5. The third-order valence-corrected chi connectivity index (χ3v) is 7.52. The summed E-state index contributed by atoms with van der Waals surface area (Å²) in [5, 5.41) is 3.47. The van der Waals surface area contributed by atoms with E-state index in [1.807, 2.05) is 0 Å². The maximum absolute atomic E-state index is 13.2. The van der Waals surface area contributed by atoms with Crippen molar-refractivity contribution >= 4 is 44.8 Å². The van der Waals surface area contributed by atoms with E-state index in [4.69, 9.17) is 37.4 Å². The van der Waals surface area contributed by atoms with Crippen LogP contribution in [0.3, 0.4) is 0 Å². The van der Waals surface area contributed by atoms with E-state index >= 15 is 0 Å². The van der Waals surface area contributed by atoms with E-state index < -0.39 is 15.9 Å². The number of hydrogen-bond donors (Lipinski definition) is 2. The first-order valence-corrected chi connectivity index (χ1v) is 13.8. The predicted octanol–water partition coefficient (Wildman–Crippen LogP) is 6.53. The smallest absolute Gasteiger partial charge is 0.261 e. The Labute approximate surface area is 236 Å². The Morgan fingerprint density at radius 1 is 0.846 bits per heavy atom. The SMILES string of the molecule is COc1cccc(CNC(=O)c2cc(Cl)ccc2NS(=O)(=O)c2ccc(Oc3ccccc3Cl)cc2)c1OC. The number of carbonyl (C=O) groups excluding carboxylic acids is 1. The molecule has 0 aliphatic rings. The molecule has 0 atom stereocenters. The van der Waals surface area contributed by atoms with Crippen molar-refractivity contribution in [3.05, 3.63) is 106 Å². The molecule has 0 spiro atoms. The zero-order chi connectivity index (χ0) is 28.0. The van der Waals surface area contributed by atoms with Gasteiger partial charge in [0.15, 0.2) is 11.5 Å². The molecule has 4 aromatic carbocycles. The first kappa shape index (κ1) is 28.1.